The first-order valence-corrected chi connectivity index (χ1v) is 9.97. The highest BCUT2D eigenvalue weighted by Gasteiger charge is 2.25. The maximum atomic E-state index is 13.2. The van der Waals surface area contributed by atoms with Crippen LogP contribution in [-0.4, -0.2) is 27.5 Å². The van der Waals surface area contributed by atoms with Crippen LogP contribution in [0.25, 0.3) is 0 Å². The van der Waals surface area contributed by atoms with Crippen molar-refractivity contribution in [1.29, 1.82) is 0 Å². The van der Waals surface area contributed by atoms with E-state index in [4.69, 9.17) is 0 Å². The molecule has 2 aromatic carbocycles. The molecule has 0 bridgehead atoms. The summed E-state index contributed by atoms with van der Waals surface area (Å²) in [6.45, 7) is 4.93. The van der Waals surface area contributed by atoms with Crippen molar-refractivity contribution in [3.63, 3.8) is 0 Å². The molecule has 0 saturated heterocycles. The Kier molecular flexibility index (Phi) is 5.11. The van der Waals surface area contributed by atoms with Crippen molar-refractivity contribution in [2.75, 3.05) is 18.0 Å². The molecule has 1 heterocycles. The second-order valence-electron chi connectivity index (χ2n) is 6.54. The largest absolute Gasteiger partial charge is 0.368 e. The van der Waals surface area contributed by atoms with Crippen molar-refractivity contribution >= 4 is 15.7 Å². The number of hydrogen-bond donors (Lipinski definition) is 1. The van der Waals surface area contributed by atoms with Gasteiger partial charge in [0.05, 0.1) is 4.90 Å². The SMILES string of the molecule is Cc1cc(F)ccc1S(=O)(=O)NCCCN1c2ccccc2C[C@H]1C. The number of para-hydroxylation sites is 1. The van der Waals surface area contributed by atoms with Crippen molar-refractivity contribution in [3.05, 3.63) is 59.4 Å². The van der Waals surface area contributed by atoms with Crippen molar-refractivity contribution < 1.29 is 12.8 Å². The minimum absolute atomic E-state index is 0.133. The standard InChI is InChI=1S/C19H23FN2O2S/c1-14-12-17(20)8-9-19(14)25(23,24)21-10-5-11-22-15(2)13-16-6-3-4-7-18(16)22/h3-4,6-9,12,15,21H,5,10-11,13H2,1-2H3/t15-/m1/s1. The molecule has 1 aliphatic rings. The minimum Gasteiger partial charge on any atom is -0.368 e. The molecular formula is C19H23FN2O2S. The fourth-order valence-corrected chi connectivity index (χ4v) is 4.72. The number of nitrogens with one attached hydrogen (secondary N) is 1. The van der Waals surface area contributed by atoms with Gasteiger partial charge in [-0.2, -0.15) is 0 Å². The van der Waals surface area contributed by atoms with E-state index in [9.17, 15) is 12.8 Å². The molecule has 134 valence electrons. The first kappa shape index (κ1) is 17.9. The molecule has 6 heteroatoms. The summed E-state index contributed by atoms with van der Waals surface area (Å²) in [6, 6.07) is 12.5. The Labute approximate surface area is 148 Å². The number of fused-ring (bicyclic) bond motifs is 1. The quantitative estimate of drug-likeness (QED) is 0.803. The number of aryl methyl sites for hydroxylation is 1. The fourth-order valence-electron chi connectivity index (χ4n) is 3.42. The Hall–Kier alpha value is -1.92. The van der Waals surface area contributed by atoms with E-state index in [2.05, 4.69) is 28.7 Å². The molecule has 2 aromatic rings. The van der Waals surface area contributed by atoms with Gasteiger partial charge < -0.3 is 4.90 Å². The predicted molar refractivity (Wildman–Crippen MR) is 97.9 cm³/mol. The van der Waals surface area contributed by atoms with E-state index in [0.29, 0.717) is 24.6 Å². The van der Waals surface area contributed by atoms with Crippen molar-refractivity contribution in [2.24, 2.45) is 0 Å². The van der Waals surface area contributed by atoms with Gasteiger partial charge in [-0.25, -0.2) is 17.5 Å². The van der Waals surface area contributed by atoms with Crippen LogP contribution in [0.3, 0.4) is 0 Å². The van der Waals surface area contributed by atoms with Gasteiger partial charge in [-0.1, -0.05) is 18.2 Å². The van der Waals surface area contributed by atoms with Crippen LogP contribution in [-0.2, 0) is 16.4 Å². The molecule has 4 nitrogen and oxygen atoms in total. The average molecular weight is 362 g/mol. The summed E-state index contributed by atoms with van der Waals surface area (Å²) in [5.74, 6) is -0.432. The first-order valence-electron chi connectivity index (χ1n) is 8.49. The van der Waals surface area contributed by atoms with Gasteiger partial charge in [0.15, 0.2) is 0 Å². The number of nitrogens with zero attached hydrogens (tertiary/aromatic N) is 1. The van der Waals surface area contributed by atoms with E-state index < -0.39 is 15.8 Å². The van der Waals surface area contributed by atoms with Gasteiger partial charge in [-0.15, -0.1) is 0 Å². The second kappa shape index (κ2) is 7.14. The van der Waals surface area contributed by atoms with Crippen molar-refractivity contribution in [2.45, 2.75) is 37.6 Å². The van der Waals surface area contributed by atoms with Crippen LogP contribution in [0.5, 0.6) is 0 Å². The Bertz CT molecular complexity index is 867. The lowest BCUT2D eigenvalue weighted by Gasteiger charge is -2.25. The molecule has 0 saturated carbocycles. The highest BCUT2D eigenvalue weighted by atomic mass is 32.2. The van der Waals surface area contributed by atoms with Crippen LogP contribution in [0.2, 0.25) is 0 Å². The molecule has 0 amide bonds. The number of benzene rings is 2. The minimum atomic E-state index is -3.61. The second-order valence-corrected chi connectivity index (χ2v) is 8.27. The third-order valence-electron chi connectivity index (χ3n) is 4.64. The van der Waals surface area contributed by atoms with Gasteiger partial charge in [0.25, 0.3) is 0 Å². The topological polar surface area (TPSA) is 49.4 Å². The molecule has 0 unspecified atom stereocenters. The molecule has 0 radical (unpaired) electrons. The average Bonchev–Trinajstić information content (AvgIpc) is 2.86. The number of sulfonamides is 1. The van der Waals surface area contributed by atoms with Gasteiger partial charge in [0, 0.05) is 24.8 Å². The molecule has 1 N–H and O–H groups in total. The van der Waals surface area contributed by atoms with Gasteiger partial charge >= 0.3 is 0 Å². The zero-order valence-electron chi connectivity index (χ0n) is 14.5. The number of halogens is 1. The monoisotopic (exact) mass is 362 g/mol. The molecule has 0 aliphatic carbocycles. The van der Waals surface area contributed by atoms with E-state index >= 15 is 0 Å². The Balaban J connectivity index is 1.58. The van der Waals surface area contributed by atoms with E-state index in [0.717, 1.165) is 13.0 Å². The zero-order valence-corrected chi connectivity index (χ0v) is 15.3. The molecule has 1 aliphatic heterocycles. The molecule has 25 heavy (non-hydrogen) atoms. The van der Waals surface area contributed by atoms with Gasteiger partial charge in [-0.3, -0.25) is 0 Å². The lowest BCUT2D eigenvalue weighted by molar-refractivity contribution is 0.574. The number of hydrogen-bond acceptors (Lipinski definition) is 3. The zero-order chi connectivity index (χ0) is 18.0. The van der Waals surface area contributed by atoms with Gasteiger partial charge in [0.2, 0.25) is 10.0 Å². The Morgan fingerprint density at radius 1 is 1.24 bits per heavy atom. The van der Waals surface area contributed by atoms with Crippen molar-refractivity contribution in [3.8, 4) is 0 Å². The van der Waals surface area contributed by atoms with Crippen LogP contribution in [0.4, 0.5) is 10.1 Å². The van der Waals surface area contributed by atoms with Gasteiger partial charge in [0.1, 0.15) is 5.82 Å². The molecule has 0 aromatic heterocycles. The van der Waals surface area contributed by atoms with E-state index in [1.807, 2.05) is 12.1 Å². The summed E-state index contributed by atoms with van der Waals surface area (Å²) in [4.78, 5) is 2.46. The molecule has 3 rings (SSSR count). The summed E-state index contributed by atoms with van der Waals surface area (Å²) >= 11 is 0. The maximum absolute atomic E-state index is 13.2. The fraction of sp³-hybridized carbons (Fsp3) is 0.368. The molecule has 0 fully saturated rings. The maximum Gasteiger partial charge on any atom is 0.240 e. The third kappa shape index (κ3) is 3.85. The highest BCUT2D eigenvalue weighted by Crippen LogP contribution is 2.31. The van der Waals surface area contributed by atoms with Crippen LogP contribution < -0.4 is 9.62 Å². The summed E-state index contributed by atoms with van der Waals surface area (Å²) in [5.41, 5.74) is 3.00. The molecule has 0 spiro atoms. The smallest absolute Gasteiger partial charge is 0.240 e. The lowest BCUT2D eigenvalue weighted by Crippen LogP contribution is -2.33. The van der Waals surface area contributed by atoms with Crippen LogP contribution in [0.15, 0.2) is 47.4 Å². The van der Waals surface area contributed by atoms with Crippen LogP contribution in [0, 0.1) is 12.7 Å². The number of anilines is 1. The van der Waals surface area contributed by atoms with E-state index in [1.165, 1.54) is 29.4 Å². The van der Waals surface area contributed by atoms with Gasteiger partial charge in [-0.05, 0) is 62.1 Å². The number of rotatable bonds is 6. The summed E-state index contributed by atoms with van der Waals surface area (Å²) in [7, 11) is -3.61. The summed E-state index contributed by atoms with van der Waals surface area (Å²) < 4.78 is 40.5. The van der Waals surface area contributed by atoms with Crippen LogP contribution in [0.1, 0.15) is 24.5 Å². The molecular weight excluding hydrogens is 339 g/mol. The summed E-state index contributed by atoms with van der Waals surface area (Å²) in [6.07, 6.45) is 1.73. The highest BCUT2D eigenvalue weighted by molar-refractivity contribution is 7.89. The summed E-state index contributed by atoms with van der Waals surface area (Å²) in [5, 5.41) is 0. The van der Waals surface area contributed by atoms with E-state index in [-0.39, 0.29) is 4.90 Å². The van der Waals surface area contributed by atoms with E-state index in [1.54, 1.807) is 6.92 Å². The Morgan fingerprint density at radius 3 is 2.76 bits per heavy atom. The third-order valence-corrected chi connectivity index (χ3v) is 6.26. The van der Waals surface area contributed by atoms with Crippen LogP contribution >= 0.6 is 0 Å². The molecule has 1 atom stereocenters. The predicted octanol–water partition coefficient (Wildman–Crippen LogP) is 3.25. The Morgan fingerprint density at radius 2 is 2.00 bits per heavy atom. The normalized spacial score (nSPS) is 16.9. The first-order chi connectivity index (χ1) is 11.9. The van der Waals surface area contributed by atoms with Crippen molar-refractivity contribution in [1.82, 2.24) is 4.72 Å². The lowest BCUT2D eigenvalue weighted by atomic mass is 10.1.